The lowest BCUT2D eigenvalue weighted by molar-refractivity contribution is -0.164. The van der Waals surface area contributed by atoms with E-state index in [1.165, 1.54) is 0 Å². The molecule has 4 N–H and O–H groups in total. The molecule has 2 aliphatic rings. The van der Waals surface area contributed by atoms with Gasteiger partial charge < -0.3 is 35.6 Å². The summed E-state index contributed by atoms with van der Waals surface area (Å²) < 4.78 is 12.1. The van der Waals surface area contributed by atoms with E-state index in [2.05, 4.69) is 86.0 Å². The van der Waals surface area contributed by atoms with Crippen LogP contribution in [-0.4, -0.2) is 84.0 Å². The lowest BCUT2D eigenvalue weighted by Crippen LogP contribution is -2.74. The Balaban J connectivity index is 0.870. The number of benzene rings is 3. The van der Waals surface area contributed by atoms with Crippen LogP contribution in [0.5, 0.6) is 5.75 Å². The second-order valence-electron chi connectivity index (χ2n) is 20.6. The first-order valence-corrected chi connectivity index (χ1v) is 25.0. The van der Waals surface area contributed by atoms with Crippen molar-refractivity contribution >= 4 is 52.3 Å². The monoisotopic (exact) mass is 965 g/mol. The molecule has 4 aromatic rings. The molecule has 2 atom stereocenters. The van der Waals surface area contributed by atoms with Gasteiger partial charge in [-0.15, -0.1) is 11.3 Å². The molecule has 1 unspecified atom stereocenters. The van der Waals surface area contributed by atoms with Crippen molar-refractivity contribution < 1.29 is 28.7 Å². The van der Waals surface area contributed by atoms with E-state index >= 15 is 0 Å². The number of carbonyl (C=O) groups excluding carboxylic acids is 4. The van der Waals surface area contributed by atoms with E-state index in [1.54, 1.807) is 34.4 Å². The Morgan fingerprint density at radius 2 is 1.68 bits per heavy atom. The first-order valence-electron chi connectivity index (χ1n) is 23.7. The van der Waals surface area contributed by atoms with Gasteiger partial charge in [-0.2, -0.15) is 5.26 Å². The molecular formula is C53H68ClN7O6S. The summed E-state index contributed by atoms with van der Waals surface area (Å²) in [5.41, 5.74) is 5.55. The molecule has 13 nitrogen and oxygen atoms in total. The van der Waals surface area contributed by atoms with Crippen molar-refractivity contribution in [3.05, 3.63) is 99.6 Å². The molecule has 68 heavy (non-hydrogen) atoms. The largest absolute Gasteiger partial charge is 0.489 e. The summed E-state index contributed by atoms with van der Waals surface area (Å²) in [5.74, 6) is -0.0782. The van der Waals surface area contributed by atoms with Crippen LogP contribution in [0.2, 0.25) is 5.02 Å². The fourth-order valence-corrected chi connectivity index (χ4v) is 10.9. The van der Waals surface area contributed by atoms with Crippen molar-refractivity contribution in [2.75, 3.05) is 31.6 Å². The number of nitrogens with one attached hydrogen (secondary N) is 4. The average molecular weight is 967 g/mol. The number of likely N-dealkylation sites (tertiary alicyclic amines) is 1. The maximum Gasteiger partial charge on any atom is 0.251 e. The van der Waals surface area contributed by atoms with E-state index in [0.717, 1.165) is 53.2 Å². The maximum atomic E-state index is 14.0. The van der Waals surface area contributed by atoms with E-state index in [0.29, 0.717) is 60.4 Å². The number of hydrogen-bond acceptors (Lipinski definition) is 10. The Hall–Kier alpha value is -5.49. The molecule has 1 aromatic heterocycles. The molecule has 2 heterocycles. The number of halogens is 1. The average Bonchev–Trinajstić information content (AvgIpc) is 4.01. The fourth-order valence-electron chi connectivity index (χ4n) is 9.74. The highest BCUT2D eigenvalue weighted by molar-refractivity contribution is 7.13. The molecule has 1 aliphatic heterocycles. The van der Waals surface area contributed by atoms with Crippen LogP contribution in [0.4, 0.5) is 5.69 Å². The van der Waals surface area contributed by atoms with E-state index in [4.69, 9.17) is 21.1 Å². The molecule has 6 rings (SSSR count). The van der Waals surface area contributed by atoms with Gasteiger partial charge in [0.1, 0.15) is 36.6 Å². The highest BCUT2D eigenvalue weighted by Crippen LogP contribution is 2.55. The second kappa shape index (κ2) is 22.3. The summed E-state index contributed by atoms with van der Waals surface area (Å²) in [4.78, 5) is 61.2. The number of amides is 4. The summed E-state index contributed by atoms with van der Waals surface area (Å²) in [5, 5.41) is 22.2. The molecule has 0 radical (unpaired) electrons. The van der Waals surface area contributed by atoms with Crippen LogP contribution in [0.25, 0.3) is 10.4 Å². The summed E-state index contributed by atoms with van der Waals surface area (Å²) in [6.45, 7) is 20.0. The zero-order valence-electron chi connectivity index (χ0n) is 41.0. The predicted octanol–water partition coefficient (Wildman–Crippen LogP) is 9.51. The van der Waals surface area contributed by atoms with Gasteiger partial charge >= 0.3 is 0 Å². The third-order valence-electron chi connectivity index (χ3n) is 13.2. The van der Waals surface area contributed by atoms with Gasteiger partial charge in [-0.3, -0.25) is 19.2 Å². The van der Waals surface area contributed by atoms with Crippen molar-refractivity contribution in [3.8, 4) is 22.3 Å². The molecule has 2 fully saturated rings. The molecule has 15 heteroatoms. The third kappa shape index (κ3) is 12.4. The molecule has 0 spiro atoms. The van der Waals surface area contributed by atoms with Crippen molar-refractivity contribution in [2.45, 2.75) is 131 Å². The van der Waals surface area contributed by atoms with Crippen molar-refractivity contribution in [2.24, 2.45) is 16.2 Å². The highest BCUT2D eigenvalue weighted by Gasteiger charge is 2.64. The van der Waals surface area contributed by atoms with Crippen LogP contribution in [0.15, 0.2) is 72.2 Å². The number of ether oxygens (including phenoxy) is 2. The first-order chi connectivity index (χ1) is 32.2. The normalized spacial score (nSPS) is 18.8. The summed E-state index contributed by atoms with van der Waals surface area (Å²) in [6, 6.07) is 21.1. The molecule has 1 saturated carbocycles. The van der Waals surface area contributed by atoms with Gasteiger partial charge in [0.2, 0.25) is 17.7 Å². The number of unbranched alkanes of at least 4 members (excludes halogenated alkanes) is 2. The Morgan fingerprint density at radius 1 is 0.971 bits per heavy atom. The van der Waals surface area contributed by atoms with Crippen LogP contribution in [0.3, 0.4) is 0 Å². The van der Waals surface area contributed by atoms with Crippen LogP contribution < -0.4 is 26.0 Å². The van der Waals surface area contributed by atoms with Gasteiger partial charge in [-0.25, -0.2) is 4.98 Å². The smallest absolute Gasteiger partial charge is 0.251 e. The molecular weight excluding hydrogens is 898 g/mol. The lowest BCUT2D eigenvalue weighted by atomic mass is 9.49. The van der Waals surface area contributed by atoms with Crippen molar-refractivity contribution in [3.63, 3.8) is 0 Å². The molecule has 364 valence electrons. The fraction of sp³-hybridized carbons (Fsp3) is 0.509. The van der Waals surface area contributed by atoms with E-state index in [1.807, 2.05) is 62.7 Å². The summed E-state index contributed by atoms with van der Waals surface area (Å²) >= 11 is 7.87. The number of nitriles is 1. The number of anilines is 1. The second-order valence-corrected chi connectivity index (χ2v) is 21.9. The van der Waals surface area contributed by atoms with Gasteiger partial charge in [-0.05, 0) is 91.0 Å². The minimum absolute atomic E-state index is 0.147. The van der Waals surface area contributed by atoms with Crippen molar-refractivity contribution in [1.82, 2.24) is 25.8 Å². The number of rotatable bonds is 20. The van der Waals surface area contributed by atoms with Crippen LogP contribution in [0, 0.1) is 27.6 Å². The van der Waals surface area contributed by atoms with E-state index in [-0.39, 0.29) is 53.2 Å². The molecule has 0 bridgehead atoms. The molecule has 4 amide bonds. The Labute approximate surface area is 411 Å². The highest BCUT2D eigenvalue weighted by atomic mass is 35.5. The molecule has 1 saturated heterocycles. The van der Waals surface area contributed by atoms with E-state index < -0.39 is 17.5 Å². The summed E-state index contributed by atoms with van der Waals surface area (Å²) in [7, 11) is 0. The first kappa shape index (κ1) is 51.9. The topological polar surface area (TPSA) is 175 Å². The summed E-state index contributed by atoms with van der Waals surface area (Å²) in [6.07, 6.45) is 3.59. The van der Waals surface area contributed by atoms with Gasteiger partial charge in [0, 0.05) is 60.4 Å². The number of hydrogen-bond donors (Lipinski definition) is 4. The van der Waals surface area contributed by atoms with Gasteiger partial charge in [0.25, 0.3) is 5.91 Å². The zero-order valence-corrected chi connectivity index (χ0v) is 42.5. The van der Waals surface area contributed by atoms with Crippen LogP contribution >= 0.6 is 22.9 Å². The maximum absolute atomic E-state index is 14.0. The van der Waals surface area contributed by atoms with Gasteiger partial charge in [0.15, 0.2) is 0 Å². The minimum Gasteiger partial charge on any atom is -0.489 e. The number of aromatic nitrogens is 1. The van der Waals surface area contributed by atoms with Gasteiger partial charge in [-0.1, -0.05) is 98.2 Å². The number of thiazole rings is 1. The third-order valence-corrected chi connectivity index (χ3v) is 14.4. The van der Waals surface area contributed by atoms with Crippen molar-refractivity contribution in [1.29, 1.82) is 5.26 Å². The molecule has 1 aliphatic carbocycles. The Morgan fingerprint density at radius 3 is 2.32 bits per heavy atom. The Kier molecular flexibility index (Phi) is 17.0. The lowest BCUT2D eigenvalue weighted by Gasteiger charge is -2.63. The minimum atomic E-state index is -0.825. The number of carbonyl (C=O) groups is 4. The molecule has 3 aromatic carbocycles. The van der Waals surface area contributed by atoms with Crippen LogP contribution in [0.1, 0.15) is 128 Å². The Bertz CT molecular complexity index is 2420. The quantitative estimate of drug-likeness (QED) is 0.0629. The SMILES string of the molecule is CC(C)c1ncsc1-c1ccc(CNC(=O)[C@@H]2CCCN2C(=O)C(NC(=O)COCCCCCNc2ccc(C(=O)NC3C(C)(C)C(Oc4ccc(C#N)c(Cl)c4)C3(C)C)cc2)C(C)(C)C)cc1. The van der Waals surface area contributed by atoms with Crippen LogP contribution in [-0.2, 0) is 25.7 Å². The standard InChI is InChI=1S/C53H68ClN7O6S/c1-33(2)43-44(68-32-58-43)35-17-15-34(16-18-35)30-57-47(64)41-14-13-26-61(41)48(65)45(51(3,4)5)59-42(62)31-66-27-12-10-11-25-56-38-22-19-36(20-23-38)46(63)60-49-52(6,7)50(53(49,8)9)67-39-24-21-37(29-55)40(54)28-39/h15-24,28,32-33,41,45,49-50,56H,10-14,25-27,30-31H2,1-9H3,(H,57,64)(H,59,62)(H,60,63)/t41-,45?,49?,50?/m0/s1. The predicted molar refractivity (Wildman–Crippen MR) is 269 cm³/mol. The zero-order chi connectivity index (χ0) is 49.4. The van der Waals surface area contributed by atoms with E-state index in [9.17, 15) is 24.4 Å². The number of nitrogens with zero attached hydrogens (tertiary/aromatic N) is 3. The van der Waals surface area contributed by atoms with Gasteiger partial charge in [0.05, 0.1) is 26.7 Å².